The van der Waals surface area contributed by atoms with Crippen molar-refractivity contribution in [3.8, 4) is 0 Å². The van der Waals surface area contributed by atoms with E-state index >= 15 is 0 Å². The third-order valence-corrected chi connectivity index (χ3v) is 9.62. The molecule has 5 heteroatoms. The number of fused-ring (bicyclic) bond motifs is 5. The monoisotopic (exact) mass is 382 g/mol. The Morgan fingerprint density at radius 1 is 1.19 bits per heavy atom. The summed E-state index contributed by atoms with van der Waals surface area (Å²) in [6, 6.07) is 0. The maximum absolute atomic E-state index is 12.5. The van der Waals surface area contributed by atoms with Crippen molar-refractivity contribution >= 4 is 23.4 Å². The largest absolute Gasteiger partial charge is 0.462 e. The van der Waals surface area contributed by atoms with E-state index in [0.717, 1.165) is 32.1 Å². The van der Waals surface area contributed by atoms with Gasteiger partial charge in [0.05, 0.1) is 11.0 Å². The van der Waals surface area contributed by atoms with Gasteiger partial charge in [-0.25, -0.2) is 0 Å². The van der Waals surface area contributed by atoms with Gasteiger partial charge in [-0.2, -0.15) is 0 Å². The molecular weight excluding hydrogens is 352 g/mol. The van der Waals surface area contributed by atoms with Gasteiger partial charge in [-0.1, -0.05) is 13.8 Å². The van der Waals surface area contributed by atoms with Gasteiger partial charge in [0.1, 0.15) is 11.9 Å². The number of hydrogen-bond donors (Lipinski definition) is 1. The first kappa shape index (κ1) is 18.7. The highest BCUT2D eigenvalue weighted by Crippen LogP contribution is 2.68. The normalized spacial score (nSPS) is 53.4. The molecular formula is C21H31ClO4. The van der Waals surface area contributed by atoms with Crippen molar-refractivity contribution in [2.45, 2.75) is 89.2 Å². The zero-order valence-electron chi connectivity index (χ0n) is 16.1. The molecule has 0 aliphatic heterocycles. The number of aliphatic hydroxyl groups excluding tert-OH is 1. The SMILES string of the molecule is CC(=O)OC1CC[C@]2(C)[C@H]3CC[C@]4(C)C(=O)CC[C@H]4[C@@H]3CC(O)C2(Cl)C1. The van der Waals surface area contributed by atoms with Crippen molar-refractivity contribution in [2.24, 2.45) is 28.6 Å². The summed E-state index contributed by atoms with van der Waals surface area (Å²) < 4.78 is 5.46. The summed E-state index contributed by atoms with van der Waals surface area (Å²) in [4.78, 5) is 23.2. The highest BCUT2D eigenvalue weighted by molar-refractivity contribution is 6.25. The lowest BCUT2D eigenvalue weighted by Crippen LogP contribution is -2.66. The Morgan fingerprint density at radius 2 is 1.92 bits per heavy atom. The van der Waals surface area contributed by atoms with Crippen LogP contribution in [0.5, 0.6) is 0 Å². The molecule has 0 aromatic rings. The Balaban J connectivity index is 1.65. The minimum absolute atomic E-state index is 0.180. The van der Waals surface area contributed by atoms with Crippen LogP contribution in [0.2, 0.25) is 0 Å². The predicted octanol–water partition coefficient (Wildman–Crippen LogP) is 3.86. The lowest BCUT2D eigenvalue weighted by molar-refractivity contribution is -0.171. The number of alkyl halides is 1. The number of esters is 1. The molecule has 4 rings (SSSR count). The van der Waals surface area contributed by atoms with Crippen LogP contribution in [0, 0.1) is 28.6 Å². The second kappa shape index (κ2) is 5.94. The van der Waals surface area contributed by atoms with E-state index < -0.39 is 11.0 Å². The molecule has 1 N–H and O–H groups in total. The van der Waals surface area contributed by atoms with Crippen LogP contribution >= 0.6 is 11.6 Å². The first-order valence-corrected chi connectivity index (χ1v) is 10.6. The van der Waals surface area contributed by atoms with Crippen molar-refractivity contribution in [3.05, 3.63) is 0 Å². The molecule has 0 bridgehead atoms. The zero-order valence-corrected chi connectivity index (χ0v) is 16.8. The van der Waals surface area contributed by atoms with Crippen LogP contribution in [0.4, 0.5) is 0 Å². The molecule has 0 aromatic carbocycles. The molecule has 0 spiro atoms. The maximum Gasteiger partial charge on any atom is 0.302 e. The van der Waals surface area contributed by atoms with Gasteiger partial charge >= 0.3 is 5.97 Å². The molecule has 0 heterocycles. The van der Waals surface area contributed by atoms with E-state index in [1.807, 2.05) is 0 Å². The number of halogens is 1. The molecule has 8 atom stereocenters. The number of carbonyl (C=O) groups is 2. The first-order chi connectivity index (χ1) is 12.1. The van der Waals surface area contributed by atoms with E-state index in [0.29, 0.717) is 42.8 Å². The predicted molar refractivity (Wildman–Crippen MR) is 98.8 cm³/mol. The minimum Gasteiger partial charge on any atom is -0.462 e. The summed E-state index contributed by atoms with van der Waals surface area (Å²) in [5, 5.41) is 11.1. The van der Waals surface area contributed by atoms with Crippen LogP contribution in [-0.4, -0.2) is 33.9 Å². The van der Waals surface area contributed by atoms with Crippen molar-refractivity contribution in [1.82, 2.24) is 0 Å². The Hall–Kier alpha value is -0.610. The van der Waals surface area contributed by atoms with Crippen molar-refractivity contribution < 1.29 is 19.4 Å². The summed E-state index contributed by atoms with van der Waals surface area (Å²) in [5.74, 6) is 1.33. The number of carbonyl (C=O) groups excluding carboxylic acids is 2. The highest BCUT2D eigenvalue weighted by Gasteiger charge is 2.67. The van der Waals surface area contributed by atoms with Gasteiger partial charge in [-0.05, 0) is 61.7 Å². The standard InChI is InChI=1S/C21H31ClO4/c1-12(23)26-13-6-9-20(3)16-7-8-19(2)15(4-5-17(19)24)14(16)10-18(25)21(20,22)11-13/h13-16,18,25H,4-11H2,1-3H3/t13?,14-,15-,16-,18?,19-,20+,21?/m0/s1. The Kier molecular flexibility index (Phi) is 4.28. The first-order valence-electron chi connectivity index (χ1n) is 10.2. The number of rotatable bonds is 1. The van der Waals surface area contributed by atoms with Crippen LogP contribution in [0.1, 0.15) is 72.1 Å². The fourth-order valence-corrected chi connectivity index (χ4v) is 7.80. The molecule has 26 heavy (non-hydrogen) atoms. The van der Waals surface area contributed by atoms with Gasteiger partial charge in [0.25, 0.3) is 0 Å². The van der Waals surface area contributed by atoms with Gasteiger partial charge in [0.2, 0.25) is 0 Å². The summed E-state index contributed by atoms with van der Waals surface area (Å²) in [6.45, 7) is 5.82. The number of Topliss-reactive ketones (excluding diaryl/α,β-unsaturated/α-hetero) is 1. The summed E-state index contributed by atoms with van der Waals surface area (Å²) in [6.07, 6.45) is 5.66. The fourth-order valence-electron chi connectivity index (χ4n) is 7.30. The summed E-state index contributed by atoms with van der Waals surface area (Å²) in [5.41, 5.74) is -0.376. The van der Waals surface area contributed by atoms with Gasteiger partial charge in [0, 0.05) is 25.2 Å². The van der Waals surface area contributed by atoms with Gasteiger partial charge in [-0.3, -0.25) is 9.59 Å². The van der Waals surface area contributed by atoms with Gasteiger partial charge < -0.3 is 9.84 Å². The molecule has 4 aliphatic carbocycles. The van der Waals surface area contributed by atoms with E-state index in [2.05, 4.69) is 13.8 Å². The van der Waals surface area contributed by atoms with Gasteiger partial charge in [-0.15, -0.1) is 11.6 Å². The quantitative estimate of drug-likeness (QED) is 0.552. The lowest BCUT2D eigenvalue weighted by atomic mass is 9.44. The molecule has 4 aliphatic rings. The van der Waals surface area contributed by atoms with Crippen LogP contribution in [0.3, 0.4) is 0 Å². The highest BCUT2D eigenvalue weighted by atomic mass is 35.5. The third kappa shape index (κ3) is 2.37. The molecule has 4 saturated carbocycles. The third-order valence-electron chi connectivity index (χ3n) is 8.78. The fraction of sp³-hybridized carbons (Fsp3) is 0.905. The summed E-state index contributed by atoms with van der Waals surface area (Å²) >= 11 is 7.16. The van der Waals surface area contributed by atoms with Gasteiger partial charge in [0.15, 0.2) is 0 Å². The average Bonchev–Trinajstić information content (AvgIpc) is 2.86. The topological polar surface area (TPSA) is 63.6 Å². The molecule has 0 saturated heterocycles. The number of aliphatic hydroxyl groups is 1. The molecule has 146 valence electrons. The molecule has 3 unspecified atom stereocenters. The number of ether oxygens (including phenoxy) is 1. The zero-order chi connectivity index (χ0) is 18.9. The molecule has 0 amide bonds. The smallest absolute Gasteiger partial charge is 0.302 e. The van der Waals surface area contributed by atoms with Crippen LogP contribution in [-0.2, 0) is 14.3 Å². The second-order valence-electron chi connectivity index (χ2n) is 9.80. The number of ketones is 1. The van der Waals surface area contributed by atoms with Crippen molar-refractivity contribution in [1.29, 1.82) is 0 Å². The van der Waals surface area contributed by atoms with Crippen molar-refractivity contribution in [2.75, 3.05) is 0 Å². The van der Waals surface area contributed by atoms with E-state index in [1.54, 1.807) is 0 Å². The number of hydrogen-bond acceptors (Lipinski definition) is 4. The van der Waals surface area contributed by atoms with Crippen molar-refractivity contribution in [3.63, 3.8) is 0 Å². The van der Waals surface area contributed by atoms with E-state index in [-0.39, 0.29) is 22.9 Å². The second-order valence-corrected chi connectivity index (χ2v) is 10.5. The minimum atomic E-state index is -0.747. The molecule has 4 fully saturated rings. The molecule has 0 radical (unpaired) electrons. The maximum atomic E-state index is 12.5. The summed E-state index contributed by atoms with van der Waals surface area (Å²) in [7, 11) is 0. The van der Waals surface area contributed by atoms with E-state index in [9.17, 15) is 14.7 Å². The van der Waals surface area contributed by atoms with E-state index in [1.165, 1.54) is 6.92 Å². The Bertz CT molecular complexity index is 636. The molecule has 0 aromatic heterocycles. The lowest BCUT2D eigenvalue weighted by Gasteiger charge is -2.64. The van der Waals surface area contributed by atoms with Crippen LogP contribution in [0.25, 0.3) is 0 Å². The van der Waals surface area contributed by atoms with Crippen LogP contribution < -0.4 is 0 Å². The molecule has 4 nitrogen and oxygen atoms in total. The Labute approximate surface area is 161 Å². The van der Waals surface area contributed by atoms with Crippen LogP contribution in [0.15, 0.2) is 0 Å². The average molecular weight is 383 g/mol. The Morgan fingerprint density at radius 3 is 2.62 bits per heavy atom. The van der Waals surface area contributed by atoms with E-state index in [4.69, 9.17) is 16.3 Å².